The van der Waals surface area contributed by atoms with E-state index in [2.05, 4.69) is 10.2 Å². The van der Waals surface area contributed by atoms with Crippen molar-refractivity contribution in [2.75, 3.05) is 33.9 Å². The molecule has 1 aromatic rings. The molecule has 0 spiro atoms. The van der Waals surface area contributed by atoms with E-state index in [0.29, 0.717) is 23.0 Å². The highest BCUT2D eigenvalue weighted by atomic mass is 35.5. The maximum Gasteiger partial charge on any atom is 0.255 e. The number of hydrogen-bond acceptors (Lipinski definition) is 4. The van der Waals surface area contributed by atoms with Crippen LogP contribution in [0.25, 0.3) is 0 Å². The summed E-state index contributed by atoms with van der Waals surface area (Å²) in [6.45, 7) is 3.31. The van der Waals surface area contributed by atoms with Crippen molar-refractivity contribution < 1.29 is 14.3 Å². The summed E-state index contributed by atoms with van der Waals surface area (Å²) in [6, 6.07) is 5.54. The van der Waals surface area contributed by atoms with Gasteiger partial charge in [0.15, 0.2) is 0 Å². The minimum Gasteiger partial charge on any atom is -0.497 e. The van der Waals surface area contributed by atoms with E-state index < -0.39 is 0 Å². The van der Waals surface area contributed by atoms with E-state index in [1.807, 2.05) is 0 Å². The van der Waals surface area contributed by atoms with Crippen LogP contribution in [-0.2, 0) is 0 Å². The molecule has 22 heavy (non-hydrogen) atoms. The number of carbonyl (C=O) groups is 1. The van der Waals surface area contributed by atoms with E-state index in [4.69, 9.17) is 9.47 Å². The van der Waals surface area contributed by atoms with Crippen LogP contribution in [0.2, 0.25) is 0 Å². The lowest BCUT2D eigenvalue weighted by Gasteiger charge is -2.44. The zero-order chi connectivity index (χ0) is 14.8. The Labute approximate surface area is 137 Å². The zero-order valence-corrected chi connectivity index (χ0v) is 13.8. The molecule has 0 radical (unpaired) electrons. The third-order valence-electron chi connectivity index (χ3n) is 4.63. The second-order valence-corrected chi connectivity index (χ2v) is 5.78. The normalized spacial score (nSPS) is 26.0. The van der Waals surface area contributed by atoms with Crippen molar-refractivity contribution in [2.24, 2.45) is 5.92 Å². The molecule has 3 heterocycles. The van der Waals surface area contributed by atoms with Crippen LogP contribution < -0.4 is 14.8 Å². The largest absolute Gasteiger partial charge is 0.497 e. The molecular formula is C16H23ClN2O3. The smallest absolute Gasteiger partial charge is 0.255 e. The summed E-state index contributed by atoms with van der Waals surface area (Å²) in [4.78, 5) is 14.9. The Balaban J connectivity index is 0.00000176. The number of amides is 1. The molecule has 3 saturated heterocycles. The molecule has 0 unspecified atom stereocenters. The SMILES string of the molecule is COc1ccc(C(=O)N[C@@H]2CN3CCC2CC3)c(OC)c1.Cl. The highest BCUT2D eigenvalue weighted by molar-refractivity contribution is 5.97. The number of ether oxygens (including phenoxy) is 2. The van der Waals surface area contributed by atoms with E-state index in [1.165, 1.54) is 25.9 Å². The molecule has 2 bridgehead atoms. The Morgan fingerprint density at radius 3 is 2.50 bits per heavy atom. The number of halogens is 1. The number of nitrogens with zero attached hydrogens (tertiary/aromatic N) is 1. The van der Waals surface area contributed by atoms with Crippen molar-refractivity contribution in [3.8, 4) is 11.5 Å². The van der Waals surface area contributed by atoms with Gasteiger partial charge in [-0.05, 0) is 44.0 Å². The minimum absolute atomic E-state index is 0. The third kappa shape index (κ3) is 3.31. The highest BCUT2D eigenvalue weighted by Crippen LogP contribution is 2.29. The van der Waals surface area contributed by atoms with Gasteiger partial charge in [-0.3, -0.25) is 4.79 Å². The molecule has 4 rings (SSSR count). The summed E-state index contributed by atoms with van der Waals surface area (Å²) in [7, 11) is 3.17. The fourth-order valence-corrected chi connectivity index (χ4v) is 3.36. The van der Waals surface area contributed by atoms with Crippen LogP contribution in [0.5, 0.6) is 11.5 Å². The predicted molar refractivity (Wildman–Crippen MR) is 87.2 cm³/mol. The number of piperidine rings is 3. The van der Waals surface area contributed by atoms with Crippen LogP contribution >= 0.6 is 12.4 Å². The molecule has 1 aromatic carbocycles. The first-order chi connectivity index (χ1) is 10.2. The second-order valence-electron chi connectivity index (χ2n) is 5.78. The molecule has 0 saturated carbocycles. The maximum atomic E-state index is 12.5. The number of benzene rings is 1. The molecule has 5 nitrogen and oxygen atoms in total. The molecule has 0 aliphatic carbocycles. The number of nitrogens with one attached hydrogen (secondary N) is 1. The van der Waals surface area contributed by atoms with Crippen molar-refractivity contribution in [1.29, 1.82) is 0 Å². The van der Waals surface area contributed by atoms with Crippen LogP contribution in [0.1, 0.15) is 23.2 Å². The summed E-state index contributed by atoms with van der Waals surface area (Å²) in [5.74, 6) is 1.79. The van der Waals surface area contributed by atoms with Gasteiger partial charge >= 0.3 is 0 Å². The van der Waals surface area contributed by atoms with E-state index in [0.717, 1.165) is 6.54 Å². The first-order valence-electron chi connectivity index (χ1n) is 7.46. The van der Waals surface area contributed by atoms with Gasteiger partial charge in [0.05, 0.1) is 19.8 Å². The first-order valence-corrected chi connectivity index (χ1v) is 7.46. The monoisotopic (exact) mass is 326 g/mol. The molecular weight excluding hydrogens is 304 g/mol. The number of hydrogen-bond donors (Lipinski definition) is 1. The summed E-state index contributed by atoms with van der Waals surface area (Å²) in [5.41, 5.74) is 0.565. The fraction of sp³-hybridized carbons (Fsp3) is 0.562. The van der Waals surface area contributed by atoms with E-state index >= 15 is 0 Å². The molecule has 6 heteroatoms. The Kier molecular flexibility index (Phi) is 5.53. The van der Waals surface area contributed by atoms with Gasteiger partial charge in [-0.1, -0.05) is 0 Å². The van der Waals surface area contributed by atoms with E-state index in [-0.39, 0.29) is 24.4 Å². The number of rotatable bonds is 4. The van der Waals surface area contributed by atoms with Crippen molar-refractivity contribution in [1.82, 2.24) is 10.2 Å². The van der Waals surface area contributed by atoms with Gasteiger partial charge in [-0.2, -0.15) is 0 Å². The molecule has 3 aliphatic rings. The second kappa shape index (κ2) is 7.20. The summed E-state index contributed by atoms with van der Waals surface area (Å²) < 4.78 is 10.5. The molecule has 122 valence electrons. The Bertz CT molecular complexity index is 530. The minimum atomic E-state index is -0.0618. The predicted octanol–water partition coefficient (Wildman–Crippen LogP) is 1.95. The van der Waals surface area contributed by atoms with Crippen LogP contribution in [-0.4, -0.2) is 50.7 Å². The molecule has 1 amide bonds. The topological polar surface area (TPSA) is 50.8 Å². The van der Waals surface area contributed by atoms with Crippen molar-refractivity contribution in [3.05, 3.63) is 23.8 Å². The number of carbonyl (C=O) groups excluding carboxylic acids is 1. The Hall–Kier alpha value is -1.46. The first kappa shape index (κ1) is 16.9. The van der Waals surface area contributed by atoms with Crippen molar-refractivity contribution >= 4 is 18.3 Å². The standard InChI is InChI=1S/C16H22N2O3.ClH/c1-20-12-3-4-13(15(9-12)21-2)16(19)17-14-10-18-7-5-11(14)6-8-18;/h3-4,9,11,14H,5-8,10H2,1-2H3,(H,17,19);1H/t14-;/m1./s1. The Morgan fingerprint density at radius 1 is 1.23 bits per heavy atom. The summed E-state index contributed by atoms with van der Waals surface area (Å²) in [5, 5.41) is 3.18. The van der Waals surface area contributed by atoms with Crippen molar-refractivity contribution in [3.63, 3.8) is 0 Å². The van der Waals surface area contributed by atoms with Gasteiger partial charge in [0.2, 0.25) is 0 Å². The van der Waals surface area contributed by atoms with Gasteiger partial charge in [-0.25, -0.2) is 0 Å². The average Bonchev–Trinajstić information content (AvgIpc) is 2.55. The van der Waals surface area contributed by atoms with E-state index in [9.17, 15) is 4.79 Å². The van der Waals surface area contributed by atoms with Gasteiger partial charge < -0.3 is 19.7 Å². The number of fused-ring (bicyclic) bond motifs is 3. The van der Waals surface area contributed by atoms with Gasteiger partial charge in [0.25, 0.3) is 5.91 Å². The lowest BCUT2D eigenvalue weighted by atomic mass is 9.84. The zero-order valence-electron chi connectivity index (χ0n) is 13.0. The van der Waals surface area contributed by atoms with E-state index in [1.54, 1.807) is 32.4 Å². The molecule has 3 aliphatic heterocycles. The lowest BCUT2D eigenvalue weighted by molar-refractivity contribution is 0.0619. The molecule has 1 N–H and O–H groups in total. The Morgan fingerprint density at radius 2 is 1.95 bits per heavy atom. The maximum absolute atomic E-state index is 12.5. The lowest BCUT2D eigenvalue weighted by Crippen LogP contribution is -2.57. The summed E-state index contributed by atoms with van der Waals surface area (Å²) in [6.07, 6.45) is 2.37. The van der Waals surface area contributed by atoms with Crippen molar-refractivity contribution in [2.45, 2.75) is 18.9 Å². The van der Waals surface area contributed by atoms with Crippen LogP contribution in [0, 0.1) is 5.92 Å². The van der Waals surface area contributed by atoms with Crippen LogP contribution in [0.3, 0.4) is 0 Å². The number of methoxy groups -OCH3 is 2. The van der Waals surface area contributed by atoms with Gasteiger partial charge in [-0.15, -0.1) is 12.4 Å². The average molecular weight is 327 g/mol. The quantitative estimate of drug-likeness (QED) is 0.919. The third-order valence-corrected chi connectivity index (χ3v) is 4.63. The summed E-state index contributed by atoms with van der Waals surface area (Å²) >= 11 is 0. The molecule has 3 fully saturated rings. The van der Waals surface area contributed by atoms with Crippen LogP contribution in [0.4, 0.5) is 0 Å². The van der Waals surface area contributed by atoms with Gasteiger partial charge in [0.1, 0.15) is 11.5 Å². The fourth-order valence-electron chi connectivity index (χ4n) is 3.36. The highest BCUT2D eigenvalue weighted by Gasteiger charge is 2.35. The van der Waals surface area contributed by atoms with Gasteiger partial charge in [0, 0.05) is 18.7 Å². The molecule has 0 aromatic heterocycles. The molecule has 1 atom stereocenters. The van der Waals surface area contributed by atoms with Crippen LogP contribution in [0.15, 0.2) is 18.2 Å².